The van der Waals surface area contributed by atoms with E-state index in [0.717, 1.165) is 31.7 Å². The van der Waals surface area contributed by atoms with Crippen molar-refractivity contribution < 1.29 is 9.59 Å². The number of carbonyl (C=O) groups excluding carboxylic acids is 2. The third-order valence-electron chi connectivity index (χ3n) is 4.98. The van der Waals surface area contributed by atoms with Crippen molar-refractivity contribution in [2.75, 3.05) is 33.2 Å². The molecule has 0 radical (unpaired) electrons. The molecule has 1 saturated heterocycles. The van der Waals surface area contributed by atoms with Crippen LogP contribution < -0.4 is 10.6 Å². The molecule has 2 atom stereocenters. The molecule has 1 aliphatic heterocycles. The SMILES string of the molecule is C[C@@H](NC(=O)C(=O)NCc1cccnc1)[C@@H](c1cccs1)N1CCN(C)CC1. The largest absolute Gasteiger partial charge is 0.344 e. The number of hydrogen-bond acceptors (Lipinski definition) is 6. The standard InChI is InChI=1S/C20H27N5O2S/c1-15(23-20(27)19(26)22-14-16-5-3-7-21-13-16)18(17-6-4-12-28-17)25-10-8-24(2)9-11-25/h3-7,12-13,15,18H,8-11,14H2,1-2H3,(H,22,26)(H,23,27)/t15-,18+/m1/s1. The zero-order valence-electron chi connectivity index (χ0n) is 16.3. The molecule has 0 bridgehead atoms. The minimum Gasteiger partial charge on any atom is -0.344 e. The van der Waals surface area contributed by atoms with Gasteiger partial charge in [-0.2, -0.15) is 0 Å². The van der Waals surface area contributed by atoms with Gasteiger partial charge >= 0.3 is 11.8 Å². The Morgan fingerprint density at radius 1 is 1.18 bits per heavy atom. The molecular formula is C20H27N5O2S. The van der Waals surface area contributed by atoms with Crippen LogP contribution in [0.3, 0.4) is 0 Å². The lowest BCUT2D eigenvalue weighted by Crippen LogP contribution is -2.53. The Hall–Kier alpha value is -2.29. The van der Waals surface area contributed by atoms with E-state index in [4.69, 9.17) is 0 Å². The predicted octanol–water partition coefficient (Wildman–Crippen LogP) is 1.25. The number of rotatable bonds is 6. The van der Waals surface area contributed by atoms with Crippen LogP contribution >= 0.6 is 11.3 Å². The maximum atomic E-state index is 12.4. The first-order chi connectivity index (χ1) is 13.5. The molecule has 1 fully saturated rings. The van der Waals surface area contributed by atoms with E-state index >= 15 is 0 Å². The summed E-state index contributed by atoms with van der Waals surface area (Å²) in [5, 5.41) is 7.60. The van der Waals surface area contributed by atoms with Gasteiger partial charge in [-0.15, -0.1) is 11.3 Å². The highest BCUT2D eigenvalue weighted by Gasteiger charge is 2.31. The fourth-order valence-electron chi connectivity index (χ4n) is 3.42. The van der Waals surface area contributed by atoms with E-state index in [1.165, 1.54) is 4.88 Å². The van der Waals surface area contributed by atoms with E-state index in [1.807, 2.05) is 24.4 Å². The molecule has 150 valence electrons. The monoisotopic (exact) mass is 401 g/mol. The number of pyridine rings is 1. The molecule has 2 amide bonds. The summed E-state index contributed by atoms with van der Waals surface area (Å²) in [5.74, 6) is -1.23. The molecule has 7 nitrogen and oxygen atoms in total. The van der Waals surface area contributed by atoms with E-state index < -0.39 is 11.8 Å². The summed E-state index contributed by atoms with van der Waals surface area (Å²) in [6.45, 7) is 6.11. The highest BCUT2D eigenvalue weighted by atomic mass is 32.1. The fraction of sp³-hybridized carbons (Fsp3) is 0.450. The van der Waals surface area contributed by atoms with Crippen molar-refractivity contribution in [1.82, 2.24) is 25.4 Å². The molecule has 2 aromatic rings. The first kappa shape index (κ1) is 20.4. The van der Waals surface area contributed by atoms with Gasteiger partial charge < -0.3 is 15.5 Å². The minimum atomic E-state index is -0.626. The lowest BCUT2D eigenvalue weighted by atomic mass is 10.0. The average molecular weight is 402 g/mol. The second kappa shape index (κ2) is 9.77. The Labute approximate surface area is 169 Å². The molecular weight excluding hydrogens is 374 g/mol. The molecule has 0 spiro atoms. The number of nitrogens with one attached hydrogen (secondary N) is 2. The first-order valence-corrected chi connectivity index (χ1v) is 10.4. The van der Waals surface area contributed by atoms with Crippen molar-refractivity contribution in [2.24, 2.45) is 0 Å². The zero-order chi connectivity index (χ0) is 19.9. The summed E-state index contributed by atoms with van der Waals surface area (Å²) >= 11 is 1.68. The van der Waals surface area contributed by atoms with Crippen molar-refractivity contribution in [3.63, 3.8) is 0 Å². The Kier molecular flexibility index (Phi) is 7.13. The Balaban J connectivity index is 1.60. The van der Waals surface area contributed by atoms with Crippen LogP contribution in [0.5, 0.6) is 0 Å². The molecule has 3 rings (SSSR count). The smallest absolute Gasteiger partial charge is 0.309 e. The van der Waals surface area contributed by atoms with E-state index in [0.29, 0.717) is 0 Å². The average Bonchev–Trinajstić information content (AvgIpc) is 3.22. The number of aromatic nitrogens is 1. The molecule has 0 aromatic carbocycles. The van der Waals surface area contributed by atoms with Crippen molar-refractivity contribution in [2.45, 2.75) is 25.6 Å². The third kappa shape index (κ3) is 5.37. The Morgan fingerprint density at radius 2 is 1.96 bits per heavy atom. The Bertz CT molecular complexity index is 760. The molecule has 2 aromatic heterocycles. The van der Waals surface area contributed by atoms with Gasteiger partial charge in [-0.25, -0.2) is 0 Å². The van der Waals surface area contributed by atoms with Gasteiger partial charge in [-0.05, 0) is 37.0 Å². The number of nitrogens with zero attached hydrogens (tertiary/aromatic N) is 3. The van der Waals surface area contributed by atoms with Gasteiger partial charge in [-0.3, -0.25) is 19.5 Å². The van der Waals surface area contributed by atoms with Crippen LogP contribution in [-0.2, 0) is 16.1 Å². The van der Waals surface area contributed by atoms with E-state index in [-0.39, 0.29) is 18.6 Å². The van der Waals surface area contributed by atoms with Crippen LogP contribution in [-0.4, -0.2) is 65.9 Å². The molecule has 2 N–H and O–H groups in total. The molecule has 1 aliphatic rings. The highest BCUT2D eigenvalue weighted by Crippen LogP contribution is 2.29. The molecule has 0 aliphatic carbocycles. The van der Waals surface area contributed by atoms with Gasteiger partial charge in [-0.1, -0.05) is 12.1 Å². The summed E-state index contributed by atoms with van der Waals surface area (Å²) in [6.07, 6.45) is 3.34. The Morgan fingerprint density at radius 3 is 2.61 bits per heavy atom. The summed E-state index contributed by atoms with van der Waals surface area (Å²) in [7, 11) is 2.12. The lowest BCUT2D eigenvalue weighted by molar-refractivity contribution is -0.140. The molecule has 28 heavy (non-hydrogen) atoms. The molecule has 8 heteroatoms. The molecule has 3 heterocycles. The van der Waals surface area contributed by atoms with Crippen molar-refractivity contribution in [1.29, 1.82) is 0 Å². The van der Waals surface area contributed by atoms with Gasteiger partial charge in [0.15, 0.2) is 0 Å². The van der Waals surface area contributed by atoms with Gasteiger partial charge in [0.05, 0.1) is 6.04 Å². The zero-order valence-corrected chi connectivity index (χ0v) is 17.1. The van der Waals surface area contributed by atoms with Gasteiger partial charge in [0.1, 0.15) is 0 Å². The van der Waals surface area contributed by atoms with Crippen LogP contribution in [0.15, 0.2) is 42.0 Å². The maximum Gasteiger partial charge on any atom is 0.309 e. The lowest BCUT2D eigenvalue weighted by Gasteiger charge is -2.40. The van der Waals surface area contributed by atoms with Gasteiger partial charge in [0.2, 0.25) is 0 Å². The van der Waals surface area contributed by atoms with Crippen LogP contribution in [0.4, 0.5) is 0 Å². The topological polar surface area (TPSA) is 77.6 Å². The van der Waals surface area contributed by atoms with E-state index in [9.17, 15) is 9.59 Å². The molecule has 0 saturated carbocycles. The van der Waals surface area contributed by atoms with Crippen LogP contribution in [0.1, 0.15) is 23.4 Å². The second-order valence-electron chi connectivity index (χ2n) is 7.11. The summed E-state index contributed by atoms with van der Waals surface area (Å²) in [5.41, 5.74) is 0.852. The quantitative estimate of drug-likeness (QED) is 0.713. The first-order valence-electron chi connectivity index (χ1n) is 9.48. The fourth-order valence-corrected chi connectivity index (χ4v) is 4.38. The minimum absolute atomic E-state index is 0.0590. The summed E-state index contributed by atoms with van der Waals surface area (Å²) < 4.78 is 0. The number of thiophene rings is 1. The van der Waals surface area contributed by atoms with Gasteiger partial charge in [0, 0.05) is 56.0 Å². The number of likely N-dealkylation sites (N-methyl/N-ethyl adjacent to an activating group) is 1. The van der Waals surface area contributed by atoms with Crippen LogP contribution in [0.2, 0.25) is 0 Å². The van der Waals surface area contributed by atoms with Crippen LogP contribution in [0, 0.1) is 0 Å². The normalized spacial score (nSPS) is 17.6. The van der Waals surface area contributed by atoms with Crippen LogP contribution in [0.25, 0.3) is 0 Å². The summed E-state index contributed by atoms with van der Waals surface area (Å²) in [6, 6.07) is 7.65. The number of piperazine rings is 1. The molecule has 0 unspecified atom stereocenters. The summed E-state index contributed by atoms with van der Waals surface area (Å²) in [4.78, 5) is 34.5. The van der Waals surface area contributed by atoms with E-state index in [1.54, 1.807) is 29.8 Å². The predicted molar refractivity (Wildman–Crippen MR) is 110 cm³/mol. The van der Waals surface area contributed by atoms with Crippen molar-refractivity contribution >= 4 is 23.2 Å². The van der Waals surface area contributed by atoms with Crippen molar-refractivity contribution in [3.05, 3.63) is 52.5 Å². The highest BCUT2D eigenvalue weighted by molar-refractivity contribution is 7.10. The second-order valence-corrected chi connectivity index (χ2v) is 8.08. The number of hydrogen-bond donors (Lipinski definition) is 2. The number of amides is 2. The van der Waals surface area contributed by atoms with E-state index in [2.05, 4.69) is 38.5 Å². The van der Waals surface area contributed by atoms with Gasteiger partial charge in [0.25, 0.3) is 0 Å². The van der Waals surface area contributed by atoms with Crippen molar-refractivity contribution in [3.8, 4) is 0 Å². The third-order valence-corrected chi connectivity index (χ3v) is 5.92. The number of carbonyl (C=O) groups is 2. The maximum absolute atomic E-state index is 12.4.